The van der Waals surface area contributed by atoms with Crippen molar-refractivity contribution < 1.29 is 8.42 Å². The lowest BCUT2D eigenvalue weighted by Crippen LogP contribution is -2.24. The molecule has 0 saturated carbocycles. The molecule has 0 radical (unpaired) electrons. The first-order valence-electron chi connectivity index (χ1n) is 5.84. The van der Waals surface area contributed by atoms with E-state index in [1.54, 1.807) is 38.1 Å². The smallest absolute Gasteiger partial charge is 0.242 e. The van der Waals surface area contributed by atoms with Gasteiger partial charge in [-0.3, -0.25) is 0 Å². The molecule has 0 atom stereocenters. The van der Waals surface area contributed by atoms with Crippen LogP contribution in [0.5, 0.6) is 0 Å². The maximum Gasteiger partial charge on any atom is 0.242 e. The molecule has 0 fully saturated rings. The highest BCUT2D eigenvalue weighted by Gasteiger charge is 2.16. The molecule has 18 heavy (non-hydrogen) atoms. The van der Waals surface area contributed by atoms with Crippen molar-refractivity contribution in [2.45, 2.75) is 25.2 Å². The Morgan fingerprint density at radius 2 is 2.00 bits per heavy atom. The van der Waals surface area contributed by atoms with Crippen molar-refractivity contribution in [3.8, 4) is 11.8 Å². The molecule has 0 amide bonds. The standard InChI is InChI=1S/C13H18N2O2S/c1-3-5-8-11-14-12-9-6-7-10-13(12)18(16,17)15-4-2/h6-7,9-10,14-15H,4,8,11H2,1-2H3. The molecule has 98 valence electrons. The van der Waals surface area contributed by atoms with Crippen molar-refractivity contribution >= 4 is 15.7 Å². The van der Waals surface area contributed by atoms with Gasteiger partial charge in [0.05, 0.1) is 5.69 Å². The van der Waals surface area contributed by atoms with Crippen molar-refractivity contribution in [1.29, 1.82) is 0 Å². The van der Waals surface area contributed by atoms with Crippen molar-refractivity contribution in [3.05, 3.63) is 24.3 Å². The minimum Gasteiger partial charge on any atom is -0.383 e. The van der Waals surface area contributed by atoms with Gasteiger partial charge in [0.25, 0.3) is 0 Å². The molecule has 0 saturated heterocycles. The highest BCUT2D eigenvalue weighted by atomic mass is 32.2. The van der Waals surface area contributed by atoms with Gasteiger partial charge < -0.3 is 5.32 Å². The number of nitrogens with one attached hydrogen (secondary N) is 2. The Morgan fingerprint density at radius 1 is 1.28 bits per heavy atom. The van der Waals surface area contributed by atoms with Gasteiger partial charge in [0.2, 0.25) is 10.0 Å². The molecule has 0 aliphatic rings. The van der Waals surface area contributed by atoms with E-state index in [2.05, 4.69) is 21.9 Å². The van der Waals surface area contributed by atoms with Crippen LogP contribution in [-0.4, -0.2) is 21.5 Å². The van der Waals surface area contributed by atoms with Gasteiger partial charge in [0.1, 0.15) is 4.90 Å². The number of benzene rings is 1. The largest absolute Gasteiger partial charge is 0.383 e. The summed E-state index contributed by atoms with van der Waals surface area (Å²) in [7, 11) is -3.43. The summed E-state index contributed by atoms with van der Waals surface area (Å²) in [6.45, 7) is 4.53. The number of para-hydroxylation sites is 1. The second-order valence-corrected chi connectivity index (χ2v) is 5.34. The molecule has 0 aliphatic carbocycles. The number of hydrogen-bond acceptors (Lipinski definition) is 3. The lowest BCUT2D eigenvalue weighted by atomic mass is 10.3. The highest BCUT2D eigenvalue weighted by molar-refractivity contribution is 7.89. The first kappa shape index (κ1) is 14.6. The molecule has 0 aromatic heterocycles. The fraction of sp³-hybridized carbons (Fsp3) is 0.385. The van der Waals surface area contributed by atoms with E-state index in [0.29, 0.717) is 25.2 Å². The molecule has 2 N–H and O–H groups in total. The van der Waals surface area contributed by atoms with Crippen LogP contribution in [0.4, 0.5) is 5.69 Å². The minimum absolute atomic E-state index is 0.274. The Kier molecular flexibility index (Phi) is 5.69. The number of hydrogen-bond donors (Lipinski definition) is 2. The molecule has 0 unspecified atom stereocenters. The molecule has 0 aliphatic heterocycles. The van der Waals surface area contributed by atoms with Crippen molar-refractivity contribution in [3.63, 3.8) is 0 Å². The predicted octanol–water partition coefficient (Wildman–Crippen LogP) is 1.81. The quantitative estimate of drug-likeness (QED) is 0.610. The Bertz CT molecular complexity index is 542. The van der Waals surface area contributed by atoms with Crippen LogP contribution >= 0.6 is 0 Å². The van der Waals surface area contributed by atoms with Gasteiger partial charge >= 0.3 is 0 Å². The first-order valence-corrected chi connectivity index (χ1v) is 7.32. The van der Waals surface area contributed by atoms with Gasteiger partial charge in [0, 0.05) is 19.5 Å². The molecule has 5 heteroatoms. The summed E-state index contributed by atoms with van der Waals surface area (Å²) < 4.78 is 26.4. The molecule has 0 bridgehead atoms. The third-order valence-corrected chi connectivity index (χ3v) is 3.86. The van der Waals surface area contributed by atoms with Crippen LogP contribution in [0.15, 0.2) is 29.2 Å². The molecule has 1 aromatic carbocycles. The fourth-order valence-corrected chi connectivity index (χ4v) is 2.72. The number of anilines is 1. The summed E-state index contributed by atoms with van der Waals surface area (Å²) in [6, 6.07) is 6.86. The topological polar surface area (TPSA) is 58.2 Å². The zero-order chi connectivity index (χ0) is 13.4. The Hall–Kier alpha value is -1.51. The predicted molar refractivity (Wildman–Crippen MR) is 73.9 cm³/mol. The van der Waals surface area contributed by atoms with Gasteiger partial charge in [-0.05, 0) is 19.1 Å². The molecule has 0 heterocycles. The van der Waals surface area contributed by atoms with Gasteiger partial charge in [0.15, 0.2) is 0 Å². The van der Waals surface area contributed by atoms with E-state index < -0.39 is 10.0 Å². The Balaban J connectivity index is 2.88. The van der Waals surface area contributed by atoms with Crippen molar-refractivity contribution in [2.24, 2.45) is 0 Å². The van der Waals surface area contributed by atoms with E-state index in [1.165, 1.54) is 0 Å². The second-order valence-electron chi connectivity index (χ2n) is 3.60. The van der Waals surface area contributed by atoms with Crippen LogP contribution in [0.2, 0.25) is 0 Å². The lowest BCUT2D eigenvalue weighted by Gasteiger charge is -2.11. The third kappa shape index (κ3) is 4.06. The van der Waals surface area contributed by atoms with Crippen LogP contribution in [-0.2, 0) is 10.0 Å². The van der Waals surface area contributed by atoms with Gasteiger partial charge in [-0.1, -0.05) is 19.1 Å². The molecular formula is C13H18N2O2S. The van der Waals surface area contributed by atoms with E-state index in [-0.39, 0.29) is 4.90 Å². The van der Waals surface area contributed by atoms with Crippen LogP contribution < -0.4 is 10.0 Å². The van der Waals surface area contributed by atoms with E-state index in [4.69, 9.17) is 0 Å². The number of sulfonamides is 1. The maximum atomic E-state index is 12.0. The van der Waals surface area contributed by atoms with Crippen molar-refractivity contribution in [1.82, 2.24) is 4.72 Å². The normalized spacial score (nSPS) is 10.6. The summed E-state index contributed by atoms with van der Waals surface area (Å²) >= 11 is 0. The third-order valence-electron chi connectivity index (χ3n) is 2.25. The minimum atomic E-state index is -3.43. The first-order chi connectivity index (χ1) is 8.61. The average molecular weight is 266 g/mol. The van der Waals surface area contributed by atoms with E-state index in [1.807, 2.05) is 0 Å². The fourth-order valence-electron chi connectivity index (χ4n) is 1.50. The van der Waals surface area contributed by atoms with E-state index >= 15 is 0 Å². The molecular weight excluding hydrogens is 248 g/mol. The zero-order valence-corrected chi connectivity index (χ0v) is 11.5. The van der Waals surface area contributed by atoms with Gasteiger partial charge in [-0.15, -0.1) is 11.8 Å². The average Bonchev–Trinajstić information content (AvgIpc) is 2.35. The highest BCUT2D eigenvalue weighted by Crippen LogP contribution is 2.20. The number of rotatable bonds is 6. The Labute approximate surface area is 109 Å². The van der Waals surface area contributed by atoms with E-state index in [9.17, 15) is 8.42 Å². The lowest BCUT2D eigenvalue weighted by molar-refractivity contribution is 0.584. The second kappa shape index (κ2) is 7.04. The van der Waals surface area contributed by atoms with E-state index in [0.717, 1.165) is 0 Å². The van der Waals surface area contributed by atoms with Gasteiger partial charge in [-0.2, -0.15) is 0 Å². The van der Waals surface area contributed by atoms with Crippen LogP contribution in [0.3, 0.4) is 0 Å². The van der Waals surface area contributed by atoms with Crippen LogP contribution in [0.25, 0.3) is 0 Å². The molecule has 0 spiro atoms. The van der Waals surface area contributed by atoms with Gasteiger partial charge in [-0.25, -0.2) is 13.1 Å². The van der Waals surface area contributed by atoms with Crippen LogP contribution in [0.1, 0.15) is 20.3 Å². The monoisotopic (exact) mass is 266 g/mol. The summed E-state index contributed by atoms with van der Waals surface area (Å²) in [5.41, 5.74) is 0.608. The summed E-state index contributed by atoms with van der Waals surface area (Å²) in [5.74, 6) is 5.72. The molecule has 1 aromatic rings. The molecule has 4 nitrogen and oxygen atoms in total. The molecule has 1 rings (SSSR count). The maximum absolute atomic E-state index is 12.0. The summed E-state index contributed by atoms with van der Waals surface area (Å²) in [4.78, 5) is 0.274. The van der Waals surface area contributed by atoms with Crippen molar-refractivity contribution in [2.75, 3.05) is 18.4 Å². The summed E-state index contributed by atoms with van der Waals surface area (Å²) in [6.07, 6.45) is 0.687. The zero-order valence-electron chi connectivity index (χ0n) is 10.7. The summed E-state index contributed by atoms with van der Waals surface area (Å²) in [5, 5.41) is 3.09. The Morgan fingerprint density at radius 3 is 2.67 bits per heavy atom. The SMILES string of the molecule is CC#CCCNc1ccccc1S(=O)(=O)NCC. The van der Waals surface area contributed by atoms with Crippen LogP contribution in [0, 0.1) is 11.8 Å².